The molecule has 4 aromatic rings. The number of carbonyl (C=O) groups excluding carboxylic acids is 1. The van der Waals surface area contributed by atoms with Crippen LogP contribution >= 0.6 is 11.3 Å². The summed E-state index contributed by atoms with van der Waals surface area (Å²) in [6.07, 6.45) is 3.53. The van der Waals surface area contributed by atoms with E-state index in [1.54, 1.807) is 23.7 Å². The average molecular weight is 333 g/mol. The Morgan fingerprint density at radius 2 is 2.12 bits per heavy atom. The predicted octanol–water partition coefficient (Wildman–Crippen LogP) is 4.22. The molecule has 0 fully saturated rings. The van der Waals surface area contributed by atoms with E-state index in [2.05, 4.69) is 20.7 Å². The quantitative estimate of drug-likeness (QED) is 0.587. The Morgan fingerprint density at radius 3 is 3.00 bits per heavy atom. The van der Waals surface area contributed by atoms with Crippen molar-refractivity contribution in [2.45, 2.75) is 6.54 Å². The second-order valence-corrected chi connectivity index (χ2v) is 6.27. The zero-order chi connectivity index (χ0) is 16.4. The molecule has 0 radical (unpaired) electrons. The van der Waals surface area contributed by atoms with Crippen LogP contribution in [-0.4, -0.2) is 15.9 Å². The lowest BCUT2D eigenvalue weighted by molar-refractivity contribution is 0.0952. The number of thiophene rings is 1. The van der Waals surface area contributed by atoms with Crippen molar-refractivity contribution in [2.75, 3.05) is 0 Å². The van der Waals surface area contributed by atoms with Crippen molar-refractivity contribution >= 4 is 28.1 Å². The van der Waals surface area contributed by atoms with E-state index in [1.165, 1.54) is 0 Å². The summed E-state index contributed by atoms with van der Waals surface area (Å²) in [5.41, 5.74) is 4.68. The lowest BCUT2D eigenvalue weighted by Crippen LogP contribution is -2.22. The fourth-order valence-corrected chi connectivity index (χ4v) is 3.34. The van der Waals surface area contributed by atoms with Crippen LogP contribution in [0.5, 0.6) is 0 Å². The van der Waals surface area contributed by atoms with Gasteiger partial charge in [-0.2, -0.15) is 11.3 Å². The Labute approximate surface area is 143 Å². The van der Waals surface area contributed by atoms with Gasteiger partial charge in [0.2, 0.25) is 0 Å². The molecular formula is C19H15N3OS. The number of hydrogen-bond donors (Lipinski definition) is 2. The molecule has 1 aromatic carbocycles. The van der Waals surface area contributed by atoms with E-state index < -0.39 is 0 Å². The van der Waals surface area contributed by atoms with Crippen LogP contribution in [0.3, 0.4) is 0 Å². The Bertz CT molecular complexity index is 989. The summed E-state index contributed by atoms with van der Waals surface area (Å²) in [5, 5.41) is 8.01. The number of amides is 1. The molecule has 0 aliphatic rings. The average Bonchev–Trinajstić information content (AvgIpc) is 3.29. The van der Waals surface area contributed by atoms with Crippen LogP contribution < -0.4 is 5.32 Å². The first kappa shape index (κ1) is 14.7. The fourth-order valence-electron chi connectivity index (χ4n) is 2.69. The molecule has 2 N–H and O–H groups in total. The molecule has 0 atom stereocenters. The summed E-state index contributed by atoms with van der Waals surface area (Å²) in [6, 6.07) is 13.8. The minimum Gasteiger partial charge on any atom is -0.360 e. The standard InChI is InChI=1S/C19H15N3OS/c23-19(16-11-21-17-4-2-1-3-15(16)17)22-10-13-5-7-20-18(9-13)14-6-8-24-12-14/h1-9,11-12,21H,10H2,(H,22,23). The van der Waals surface area contributed by atoms with Crippen LogP contribution in [0, 0.1) is 0 Å². The summed E-state index contributed by atoms with van der Waals surface area (Å²) in [5.74, 6) is -0.0821. The topological polar surface area (TPSA) is 57.8 Å². The molecular weight excluding hydrogens is 318 g/mol. The van der Waals surface area contributed by atoms with E-state index in [1.807, 2.05) is 47.8 Å². The summed E-state index contributed by atoms with van der Waals surface area (Å²) in [6.45, 7) is 0.470. The third kappa shape index (κ3) is 2.81. The summed E-state index contributed by atoms with van der Waals surface area (Å²) in [7, 11) is 0. The first-order valence-electron chi connectivity index (χ1n) is 7.63. The fraction of sp³-hybridized carbons (Fsp3) is 0.0526. The smallest absolute Gasteiger partial charge is 0.253 e. The van der Waals surface area contributed by atoms with E-state index in [9.17, 15) is 4.79 Å². The van der Waals surface area contributed by atoms with E-state index in [-0.39, 0.29) is 5.91 Å². The number of nitrogens with zero attached hydrogens (tertiary/aromatic N) is 1. The zero-order valence-electron chi connectivity index (χ0n) is 12.8. The van der Waals surface area contributed by atoms with E-state index in [0.717, 1.165) is 27.7 Å². The van der Waals surface area contributed by atoms with Gasteiger partial charge in [0, 0.05) is 40.8 Å². The lowest BCUT2D eigenvalue weighted by atomic mass is 10.1. The first-order valence-corrected chi connectivity index (χ1v) is 8.57. The van der Waals surface area contributed by atoms with Crippen LogP contribution in [0.4, 0.5) is 0 Å². The number of rotatable bonds is 4. The van der Waals surface area contributed by atoms with Crippen LogP contribution in [-0.2, 0) is 6.54 Å². The number of hydrogen-bond acceptors (Lipinski definition) is 3. The number of fused-ring (bicyclic) bond motifs is 1. The van der Waals surface area contributed by atoms with Crippen LogP contribution in [0.25, 0.3) is 22.2 Å². The van der Waals surface area contributed by atoms with Crippen molar-refractivity contribution in [3.63, 3.8) is 0 Å². The first-order chi connectivity index (χ1) is 11.8. The molecule has 5 heteroatoms. The van der Waals surface area contributed by atoms with Crippen molar-refractivity contribution in [3.05, 3.63) is 76.7 Å². The minimum atomic E-state index is -0.0821. The largest absolute Gasteiger partial charge is 0.360 e. The molecule has 0 spiro atoms. The molecule has 1 amide bonds. The number of aromatic amines is 1. The third-order valence-corrected chi connectivity index (χ3v) is 4.61. The maximum absolute atomic E-state index is 12.5. The van der Waals surface area contributed by atoms with Gasteiger partial charge in [0.1, 0.15) is 0 Å². The minimum absolute atomic E-state index is 0.0821. The molecule has 0 saturated carbocycles. The number of para-hydroxylation sites is 1. The highest BCUT2D eigenvalue weighted by Gasteiger charge is 2.11. The summed E-state index contributed by atoms with van der Waals surface area (Å²) < 4.78 is 0. The molecule has 0 aliphatic heterocycles. The van der Waals surface area contributed by atoms with Crippen LogP contribution in [0.1, 0.15) is 15.9 Å². The van der Waals surface area contributed by atoms with Gasteiger partial charge < -0.3 is 10.3 Å². The number of aromatic nitrogens is 2. The summed E-state index contributed by atoms with van der Waals surface area (Å²) >= 11 is 1.64. The number of nitrogens with one attached hydrogen (secondary N) is 2. The molecule has 4 nitrogen and oxygen atoms in total. The van der Waals surface area contributed by atoms with E-state index >= 15 is 0 Å². The normalized spacial score (nSPS) is 10.8. The Morgan fingerprint density at radius 1 is 1.21 bits per heavy atom. The van der Waals surface area contributed by atoms with Crippen molar-refractivity contribution in [3.8, 4) is 11.3 Å². The van der Waals surface area contributed by atoms with Gasteiger partial charge in [-0.3, -0.25) is 9.78 Å². The van der Waals surface area contributed by atoms with Gasteiger partial charge in [-0.05, 0) is 35.2 Å². The van der Waals surface area contributed by atoms with Gasteiger partial charge in [-0.1, -0.05) is 18.2 Å². The molecule has 118 valence electrons. The van der Waals surface area contributed by atoms with Gasteiger partial charge in [0.25, 0.3) is 5.91 Å². The molecule has 0 aliphatic carbocycles. The number of carbonyl (C=O) groups is 1. The van der Waals surface area contributed by atoms with Crippen molar-refractivity contribution in [1.29, 1.82) is 0 Å². The Hall–Kier alpha value is -2.92. The maximum atomic E-state index is 12.5. The van der Waals surface area contributed by atoms with Gasteiger partial charge >= 0.3 is 0 Å². The van der Waals surface area contributed by atoms with Crippen molar-refractivity contribution in [2.24, 2.45) is 0 Å². The summed E-state index contributed by atoms with van der Waals surface area (Å²) in [4.78, 5) is 20.0. The second kappa shape index (κ2) is 6.29. The van der Waals surface area contributed by atoms with Gasteiger partial charge in [0.05, 0.1) is 11.3 Å². The highest BCUT2D eigenvalue weighted by Crippen LogP contribution is 2.21. The van der Waals surface area contributed by atoms with Gasteiger partial charge in [-0.25, -0.2) is 0 Å². The zero-order valence-corrected chi connectivity index (χ0v) is 13.6. The monoisotopic (exact) mass is 333 g/mol. The molecule has 3 aromatic heterocycles. The lowest BCUT2D eigenvalue weighted by Gasteiger charge is -2.06. The predicted molar refractivity (Wildman–Crippen MR) is 97.0 cm³/mol. The highest BCUT2D eigenvalue weighted by atomic mass is 32.1. The van der Waals surface area contributed by atoms with Crippen molar-refractivity contribution in [1.82, 2.24) is 15.3 Å². The van der Waals surface area contributed by atoms with Gasteiger partial charge in [0.15, 0.2) is 0 Å². The molecule has 3 heterocycles. The van der Waals surface area contributed by atoms with Crippen LogP contribution in [0.2, 0.25) is 0 Å². The number of pyridine rings is 1. The second-order valence-electron chi connectivity index (χ2n) is 5.49. The van der Waals surface area contributed by atoms with Crippen LogP contribution in [0.15, 0.2) is 65.6 Å². The molecule has 0 unspecified atom stereocenters. The van der Waals surface area contributed by atoms with E-state index in [0.29, 0.717) is 12.1 Å². The highest BCUT2D eigenvalue weighted by molar-refractivity contribution is 7.08. The van der Waals surface area contributed by atoms with E-state index in [4.69, 9.17) is 0 Å². The Balaban J connectivity index is 1.51. The maximum Gasteiger partial charge on any atom is 0.253 e. The SMILES string of the molecule is O=C(NCc1ccnc(-c2ccsc2)c1)c1c[nH]c2ccccc12. The molecule has 4 rings (SSSR count). The molecule has 24 heavy (non-hydrogen) atoms. The van der Waals surface area contributed by atoms with Crippen molar-refractivity contribution < 1.29 is 4.79 Å². The third-order valence-electron chi connectivity index (χ3n) is 3.93. The molecule has 0 saturated heterocycles. The van der Waals surface area contributed by atoms with Gasteiger partial charge in [-0.15, -0.1) is 0 Å². The number of benzene rings is 1. The Kier molecular flexibility index (Phi) is 3.84. The number of H-pyrrole nitrogens is 1. The molecule has 0 bridgehead atoms.